The van der Waals surface area contributed by atoms with Crippen molar-refractivity contribution in [3.8, 4) is 0 Å². The van der Waals surface area contributed by atoms with Crippen LogP contribution in [0.2, 0.25) is 0 Å². The number of hydrogen-bond donors (Lipinski definition) is 2. The van der Waals surface area contributed by atoms with Gasteiger partial charge in [0.15, 0.2) is 11.1 Å². The van der Waals surface area contributed by atoms with Gasteiger partial charge in [-0.2, -0.15) is 0 Å². The van der Waals surface area contributed by atoms with E-state index in [9.17, 15) is 9.59 Å². The Hall–Kier alpha value is -0.810. The maximum absolute atomic E-state index is 11.2. The first-order chi connectivity index (χ1) is 5.98. The number of nitrogens with one attached hydrogen (secondary N) is 2. The molecule has 0 aromatic heterocycles. The molecule has 0 aliphatic carbocycles. The monoisotopic (exact) mass is 206 g/mol. The Balaban J connectivity index is 2.78. The van der Waals surface area contributed by atoms with Crippen molar-refractivity contribution in [2.75, 3.05) is 6.61 Å². The molecule has 1 rings (SSSR count). The maximum Gasteiger partial charge on any atom is 0.323 e. The second-order valence-electron chi connectivity index (χ2n) is 2.84. The van der Waals surface area contributed by atoms with Crippen LogP contribution in [0.15, 0.2) is 0 Å². The summed E-state index contributed by atoms with van der Waals surface area (Å²) < 4.78 is 5.11. The largest absolute Gasteiger partial charge is 0.356 e. The summed E-state index contributed by atoms with van der Waals surface area (Å²) in [6, 6.07) is -0.582. The predicted molar refractivity (Wildman–Crippen MR) is 46.3 cm³/mol. The van der Waals surface area contributed by atoms with Crippen molar-refractivity contribution in [2.45, 2.75) is 24.9 Å². The predicted octanol–water partition coefficient (Wildman–Crippen LogP) is 0.186. The van der Waals surface area contributed by atoms with E-state index in [0.29, 0.717) is 6.61 Å². The Bertz CT molecular complexity index is 242. The molecule has 6 heteroatoms. The van der Waals surface area contributed by atoms with E-state index < -0.39 is 23.0 Å². The Kier molecular flexibility index (Phi) is 2.77. The van der Waals surface area contributed by atoms with Crippen LogP contribution in [0.25, 0.3) is 0 Å². The van der Waals surface area contributed by atoms with Gasteiger partial charge < -0.3 is 10.1 Å². The van der Waals surface area contributed by atoms with Gasteiger partial charge in [0.25, 0.3) is 5.91 Å². The minimum atomic E-state index is -1.25. The molecule has 2 atom stereocenters. The van der Waals surface area contributed by atoms with Gasteiger partial charge in [0.1, 0.15) is 0 Å². The second kappa shape index (κ2) is 3.51. The molecule has 2 N–H and O–H groups in total. The molecular formula is C7H11ClN2O3. The molecule has 0 unspecified atom stereocenters. The van der Waals surface area contributed by atoms with Crippen LogP contribution in [0.3, 0.4) is 0 Å². The van der Waals surface area contributed by atoms with E-state index in [2.05, 4.69) is 10.6 Å². The molecule has 3 amide bonds. The molecule has 74 valence electrons. The fourth-order valence-electron chi connectivity index (χ4n) is 1.000. The summed E-state index contributed by atoms with van der Waals surface area (Å²) >= 11 is 5.88. The van der Waals surface area contributed by atoms with Crippen molar-refractivity contribution in [3.63, 3.8) is 0 Å². The van der Waals surface area contributed by atoms with Crippen LogP contribution in [0.5, 0.6) is 0 Å². The zero-order valence-corrected chi connectivity index (χ0v) is 8.14. The van der Waals surface area contributed by atoms with Crippen molar-refractivity contribution in [1.82, 2.24) is 10.6 Å². The lowest BCUT2D eigenvalue weighted by Gasteiger charge is -2.34. The maximum atomic E-state index is 11.2. The highest BCUT2D eigenvalue weighted by Gasteiger charge is 2.45. The Morgan fingerprint density at radius 2 is 2.23 bits per heavy atom. The molecule has 0 saturated carbocycles. The molecule has 0 spiro atoms. The van der Waals surface area contributed by atoms with Gasteiger partial charge in [-0.25, -0.2) is 4.79 Å². The molecule has 0 radical (unpaired) electrons. The number of imide groups is 1. The zero-order chi connectivity index (χ0) is 10.1. The number of hydrogen-bond acceptors (Lipinski definition) is 3. The van der Waals surface area contributed by atoms with Crippen LogP contribution in [-0.2, 0) is 9.53 Å². The molecule has 5 nitrogen and oxygen atoms in total. The van der Waals surface area contributed by atoms with Crippen molar-refractivity contribution >= 4 is 23.5 Å². The number of alkyl halides is 1. The molecule has 13 heavy (non-hydrogen) atoms. The Labute approximate surface area is 80.8 Å². The van der Waals surface area contributed by atoms with Crippen molar-refractivity contribution in [2.24, 2.45) is 0 Å². The quantitative estimate of drug-likeness (QED) is 0.634. The van der Waals surface area contributed by atoms with Gasteiger partial charge in [0.2, 0.25) is 0 Å². The van der Waals surface area contributed by atoms with Gasteiger partial charge in [-0.05, 0) is 13.8 Å². The van der Waals surface area contributed by atoms with Crippen molar-refractivity contribution in [1.29, 1.82) is 0 Å². The fraction of sp³-hybridized carbons (Fsp3) is 0.714. The lowest BCUT2D eigenvalue weighted by molar-refractivity contribution is -0.129. The minimum Gasteiger partial charge on any atom is -0.356 e. The molecule has 0 aromatic carbocycles. The normalized spacial score (nSPS) is 33.9. The van der Waals surface area contributed by atoms with Crippen molar-refractivity contribution < 1.29 is 14.3 Å². The number of carbonyl (C=O) groups is 2. The molecule has 1 aliphatic rings. The Morgan fingerprint density at radius 3 is 2.77 bits per heavy atom. The molecule has 1 saturated heterocycles. The van der Waals surface area contributed by atoms with Crippen LogP contribution in [0.1, 0.15) is 13.8 Å². The third kappa shape index (κ3) is 1.92. The molecule has 1 fully saturated rings. The highest BCUT2D eigenvalue weighted by Crippen LogP contribution is 2.23. The van der Waals surface area contributed by atoms with Crippen LogP contribution in [-0.4, -0.2) is 29.6 Å². The van der Waals surface area contributed by atoms with Gasteiger partial charge in [-0.3, -0.25) is 10.1 Å². The van der Waals surface area contributed by atoms with Gasteiger partial charge in [-0.1, -0.05) is 0 Å². The van der Waals surface area contributed by atoms with E-state index in [0.717, 1.165) is 0 Å². The first-order valence-electron chi connectivity index (χ1n) is 3.91. The number of amides is 3. The highest BCUT2D eigenvalue weighted by molar-refractivity contribution is 6.36. The first-order valence-corrected chi connectivity index (χ1v) is 4.28. The Morgan fingerprint density at radius 1 is 1.62 bits per heavy atom. The van der Waals surface area contributed by atoms with Crippen LogP contribution in [0.4, 0.5) is 4.79 Å². The van der Waals surface area contributed by atoms with Crippen LogP contribution in [0, 0.1) is 0 Å². The van der Waals surface area contributed by atoms with E-state index in [1.807, 2.05) is 0 Å². The number of carbonyl (C=O) groups excluding carboxylic acids is 2. The van der Waals surface area contributed by atoms with Gasteiger partial charge in [0.05, 0.1) is 0 Å². The SMILES string of the molecule is CCO[C@@H]1NC(=O)NC(=O)[C@@]1(C)Cl. The van der Waals surface area contributed by atoms with E-state index in [1.165, 1.54) is 6.92 Å². The summed E-state index contributed by atoms with van der Waals surface area (Å²) in [6.45, 7) is 3.62. The fourth-order valence-corrected chi connectivity index (χ4v) is 1.16. The van der Waals surface area contributed by atoms with Crippen molar-refractivity contribution in [3.05, 3.63) is 0 Å². The number of halogens is 1. The van der Waals surface area contributed by atoms with E-state index >= 15 is 0 Å². The second-order valence-corrected chi connectivity index (χ2v) is 3.62. The third-order valence-corrected chi connectivity index (χ3v) is 2.13. The summed E-state index contributed by atoms with van der Waals surface area (Å²) in [6.07, 6.45) is -0.777. The number of urea groups is 1. The average molecular weight is 207 g/mol. The summed E-state index contributed by atoms with van der Waals surface area (Å²) in [5.41, 5.74) is 0. The van der Waals surface area contributed by atoms with E-state index in [1.54, 1.807) is 6.92 Å². The number of ether oxygens (including phenoxy) is 1. The van der Waals surface area contributed by atoms with E-state index in [-0.39, 0.29) is 0 Å². The smallest absolute Gasteiger partial charge is 0.323 e. The zero-order valence-electron chi connectivity index (χ0n) is 7.39. The molecular weight excluding hydrogens is 196 g/mol. The third-order valence-electron chi connectivity index (χ3n) is 1.76. The van der Waals surface area contributed by atoms with Gasteiger partial charge >= 0.3 is 6.03 Å². The summed E-state index contributed by atoms with van der Waals surface area (Å²) in [5, 5.41) is 4.47. The van der Waals surface area contributed by atoms with Crippen LogP contribution < -0.4 is 10.6 Å². The van der Waals surface area contributed by atoms with Gasteiger partial charge in [-0.15, -0.1) is 11.6 Å². The number of rotatable bonds is 2. The molecule has 0 bridgehead atoms. The highest BCUT2D eigenvalue weighted by atomic mass is 35.5. The summed E-state index contributed by atoms with van der Waals surface area (Å²) in [4.78, 5) is 20.8. The van der Waals surface area contributed by atoms with Crippen LogP contribution >= 0.6 is 11.6 Å². The molecule has 1 heterocycles. The average Bonchev–Trinajstić information content (AvgIpc) is 2.01. The van der Waals surface area contributed by atoms with E-state index in [4.69, 9.17) is 16.3 Å². The standard InChI is InChI=1S/C7H11ClN2O3/c1-3-13-5-7(2,8)4(11)9-6(12)10-5/h5H,3H2,1-2H3,(H2,9,10,11,12)/t5-,7+/m0/s1. The van der Waals surface area contributed by atoms with Gasteiger partial charge in [0, 0.05) is 6.61 Å². The lowest BCUT2D eigenvalue weighted by atomic mass is 10.1. The minimum absolute atomic E-state index is 0.376. The topological polar surface area (TPSA) is 67.4 Å². The molecule has 0 aromatic rings. The first kappa shape index (κ1) is 10.3. The lowest BCUT2D eigenvalue weighted by Crippen LogP contribution is -2.65. The summed E-state index contributed by atoms with van der Waals surface area (Å²) in [7, 11) is 0. The summed E-state index contributed by atoms with van der Waals surface area (Å²) in [5.74, 6) is -0.545. The molecule has 1 aliphatic heterocycles.